The minimum atomic E-state index is -4.90. The second kappa shape index (κ2) is 13.8. The van der Waals surface area contributed by atoms with Crippen LogP contribution in [0.25, 0.3) is 16.7 Å². The first-order chi connectivity index (χ1) is 21.5. The lowest BCUT2D eigenvalue weighted by molar-refractivity contribution is -0.274. The van der Waals surface area contributed by atoms with Gasteiger partial charge >= 0.3 is 12.3 Å². The highest BCUT2D eigenvalue weighted by molar-refractivity contribution is 7.99. The third-order valence-electron chi connectivity index (χ3n) is 8.40. The SMILES string of the molecule is CCC1CC(OC/C(C(=O)C2CC2)=C(/N)c2ccccc2OC(F)(F)F)CC(C)C1Sc1cnc2c(C(=O)OC)cccc2n1. The van der Waals surface area contributed by atoms with Gasteiger partial charge in [-0.1, -0.05) is 38.5 Å². The number of hydrogen-bond acceptors (Lipinski definition) is 9. The van der Waals surface area contributed by atoms with Gasteiger partial charge in [-0.25, -0.2) is 9.78 Å². The molecule has 2 saturated carbocycles. The normalized spacial score (nSPS) is 22.5. The Morgan fingerprint density at radius 1 is 1.07 bits per heavy atom. The van der Waals surface area contributed by atoms with E-state index in [4.69, 9.17) is 20.2 Å². The van der Waals surface area contributed by atoms with E-state index in [0.717, 1.165) is 37.1 Å². The molecule has 0 bridgehead atoms. The molecular weight excluding hydrogens is 607 g/mol. The van der Waals surface area contributed by atoms with Crippen molar-refractivity contribution >= 4 is 40.2 Å². The van der Waals surface area contributed by atoms with Gasteiger partial charge < -0.3 is 19.9 Å². The number of methoxy groups -OCH3 is 1. The summed E-state index contributed by atoms with van der Waals surface area (Å²) in [6.45, 7) is 4.19. The van der Waals surface area contributed by atoms with E-state index in [1.165, 1.54) is 25.3 Å². The zero-order chi connectivity index (χ0) is 32.3. The van der Waals surface area contributed by atoms with Gasteiger partial charge in [0.2, 0.25) is 0 Å². The van der Waals surface area contributed by atoms with Crippen LogP contribution in [0, 0.1) is 17.8 Å². The topological polar surface area (TPSA) is 114 Å². The van der Waals surface area contributed by atoms with E-state index >= 15 is 0 Å². The number of aromatic nitrogens is 2. The van der Waals surface area contributed by atoms with Gasteiger partial charge in [-0.3, -0.25) is 9.78 Å². The summed E-state index contributed by atoms with van der Waals surface area (Å²) in [6, 6.07) is 10.8. The van der Waals surface area contributed by atoms with Gasteiger partial charge in [0.15, 0.2) is 5.78 Å². The third-order valence-corrected chi connectivity index (χ3v) is 9.96. The maximum Gasteiger partial charge on any atom is 0.573 e. The van der Waals surface area contributed by atoms with Crippen LogP contribution in [0.3, 0.4) is 0 Å². The fraction of sp³-hybridized carbons (Fsp3) is 0.455. The van der Waals surface area contributed by atoms with Crippen LogP contribution in [0.2, 0.25) is 0 Å². The van der Waals surface area contributed by atoms with Crippen LogP contribution in [0.4, 0.5) is 13.2 Å². The van der Waals surface area contributed by atoms with Gasteiger partial charge in [-0.15, -0.1) is 24.9 Å². The number of Topliss-reactive ketones (excluding diaryl/α,β-unsaturated/α-hetero) is 1. The number of carbonyl (C=O) groups is 2. The lowest BCUT2D eigenvalue weighted by Crippen LogP contribution is -2.37. The molecule has 2 aliphatic rings. The molecule has 1 heterocycles. The van der Waals surface area contributed by atoms with Crippen molar-refractivity contribution in [1.29, 1.82) is 0 Å². The van der Waals surface area contributed by atoms with Crippen molar-refractivity contribution in [1.82, 2.24) is 9.97 Å². The first-order valence-electron chi connectivity index (χ1n) is 15.0. The second-order valence-corrected chi connectivity index (χ2v) is 12.8. The number of nitrogens with two attached hydrogens (primary N) is 1. The number of halogens is 3. The predicted octanol–water partition coefficient (Wildman–Crippen LogP) is 6.97. The van der Waals surface area contributed by atoms with Gasteiger partial charge in [0.05, 0.1) is 42.8 Å². The lowest BCUT2D eigenvalue weighted by Gasteiger charge is -2.39. The summed E-state index contributed by atoms with van der Waals surface area (Å²) >= 11 is 1.66. The molecule has 2 N–H and O–H groups in total. The van der Waals surface area contributed by atoms with Crippen LogP contribution in [-0.4, -0.2) is 53.2 Å². The van der Waals surface area contributed by atoms with E-state index in [1.54, 1.807) is 36.2 Å². The molecule has 2 fully saturated rings. The number of benzene rings is 2. The first kappa shape index (κ1) is 32.7. The van der Waals surface area contributed by atoms with Crippen molar-refractivity contribution in [3.8, 4) is 5.75 Å². The van der Waals surface area contributed by atoms with Crippen molar-refractivity contribution in [2.24, 2.45) is 23.5 Å². The smallest absolute Gasteiger partial charge is 0.465 e. The molecule has 4 atom stereocenters. The summed E-state index contributed by atoms with van der Waals surface area (Å²) in [5.41, 5.74) is 8.00. The number of ether oxygens (including phenoxy) is 3. The molecule has 0 radical (unpaired) electrons. The van der Waals surface area contributed by atoms with Crippen molar-refractivity contribution in [2.45, 2.75) is 68.7 Å². The van der Waals surface area contributed by atoms with Crippen LogP contribution in [0.15, 0.2) is 59.3 Å². The van der Waals surface area contributed by atoms with Crippen molar-refractivity contribution in [2.75, 3.05) is 13.7 Å². The molecule has 0 spiro atoms. The summed E-state index contributed by atoms with van der Waals surface area (Å²) < 4.78 is 54.6. The van der Waals surface area contributed by atoms with Gasteiger partial charge in [0.1, 0.15) is 16.3 Å². The van der Waals surface area contributed by atoms with Gasteiger partial charge in [-0.2, -0.15) is 0 Å². The molecule has 1 aromatic heterocycles. The van der Waals surface area contributed by atoms with Gasteiger partial charge in [0, 0.05) is 22.3 Å². The zero-order valence-corrected chi connectivity index (χ0v) is 26.1. The summed E-state index contributed by atoms with van der Waals surface area (Å²) in [4.78, 5) is 34.7. The zero-order valence-electron chi connectivity index (χ0n) is 25.3. The van der Waals surface area contributed by atoms with Crippen molar-refractivity contribution in [3.63, 3.8) is 0 Å². The quantitative estimate of drug-likeness (QED) is 0.175. The number of hydrogen-bond donors (Lipinski definition) is 1. The van der Waals surface area contributed by atoms with Crippen molar-refractivity contribution in [3.05, 3.63) is 65.4 Å². The number of esters is 1. The van der Waals surface area contributed by atoms with Crippen LogP contribution >= 0.6 is 11.8 Å². The summed E-state index contributed by atoms with van der Waals surface area (Å²) in [7, 11) is 1.33. The van der Waals surface area contributed by atoms with E-state index < -0.39 is 18.1 Å². The van der Waals surface area contributed by atoms with Crippen LogP contribution in [0.1, 0.15) is 61.9 Å². The fourth-order valence-electron chi connectivity index (χ4n) is 5.96. The molecule has 5 rings (SSSR count). The second-order valence-electron chi connectivity index (χ2n) is 11.6. The highest BCUT2D eigenvalue weighted by atomic mass is 32.2. The number of alkyl halides is 3. The Kier molecular flexibility index (Phi) is 10.0. The Hall–Kier alpha value is -3.64. The van der Waals surface area contributed by atoms with Crippen LogP contribution in [0.5, 0.6) is 5.75 Å². The highest BCUT2D eigenvalue weighted by Crippen LogP contribution is 2.43. The Balaban J connectivity index is 1.31. The number of thioether (sulfide) groups is 1. The minimum Gasteiger partial charge on any atom is -0.465 e. The molecule has 0 aliphatic heterocycles. The van der Waals surface area contributed by atoms with Crippen LogP contribution in [-0.2, 0) is 14.3 Å². The standard InChI is InChI=1S/C33H36F3N3O5S/c1-4-19-15-21(14-18(2)31(19)45-27-16-38-29-23(32(41)42-3)9-7-10-25(29)39-27)43-17-24(30(40)20-12-13-20)28(37)22-8-5-6-11-26(22)44-33(34,35)36/h5-11,16,18-21,31H,4,12-15,17,37H2,1-3H3/b28-24-. The molecule has 2 aromatic carbocycles. The van der Waals surface area contributed by atoms with Crippen LogP contribution < -0.4 is 10.5 Å². The molecule has 4 unspecified atom stereocenters. The maximum atomic E-state index is 13.3. The monoisotopic (exact) mass is 643 g/mol. The number of fused-ring (bicyclic) bond motifs is 1. The van der Waals surface area contributed by atoms with Gasteiger partial charge in [-0.05, 0) is 61.8 Å². The average Bonchev–Trinajstić information content (AvgIpc) is 3.86. The summed E-state index contributed by atoms with van der Waals surface area (Å²) in [6.07, 6.45) is 0.410. The summed E-state index contributed by atoms with van der Waals surface area (Å²) in [5, 5.41) is 0.983. The van der Waals surface area contributed by atoms with E-state index in [0.29, 0.717) is 16.6 Å². The largest absolute Gasteiger partial charge is 0.573 e. The Labute approximate surface area is 263 Å². The van der Waals surface area contributed by atoms with Gasteiger partial charge in [0.25, 0.3) is 0 Å². The Bertz CT molecular complexity index is 1590. The number of ketones is 1. The molecule has 240 valence electrons. The molecule has 12 heteroatoms. The maximum absolute atomic E-state index is 13.3. The number of nitrogens with zero attached hydrogens (tertiary/aromatic N) is 2. The average molecular weight is 644 g/mol. The van der Waals surface area contributed by atoms with E-state index in [-0.39, 0.29) is 58.3 Å². The predicted molar refractivity (Wildman–Crippen MR) is 164 cm³/mol. The third kappa shape index (κ3) is 7.78. The molecular formula is C33H36F3N3O5S. The minimum absolute atomic E-state index is 0.0116. The molecule has 0 saturated heterocycles. The molecule has 0 amide bonds. The highest BCUT2D eigenvalue weighted by Gasteiger charge is 2.38. The first-order valence-corrected chi connectivity index (χ1v) is 15.9. The number of rotatable bonds is 11. The number of carbonyl (C=O) groups excluding carboxylic acids is 2. The molecule has 8 nitrogen and oxygen atoms in total. The van der Waals surface area contributed by atoms with Crippen molar-refractivity contribution < 1.29 is 37.0 Å². The fourth-order valence-corrected chi connectivity index (χ4v) is 7.35. The summed E-state index contributed by atoms with van der Waals surface area (Å²) in [5.74, 6) is -0.817. The molecule has 2 aliphatic carbocycles. The Morgan fingerprint density at radius 2 is 1.80 bits per heavy atom. The lowest BCUT2D eigenvalue weighted by atomic mass is 9.79. The van der Waals surface area contributed by atoms with E-state index in [1.807, 2.05) is 6.07 Å². The Morgan fingerprint density at radius 3 is 2.49 bits per heavy atom. The van der Waals surface area contributed by atoms with E-state index in [2.05, 4.69) is 23.6 Å². The molecule has 45 heavy (non-hydrogen) atoms. The number of para-hydroxylation sites is 2. The molecule has 3 aromatic rings. The van der Waals surface area contributed by atoms with E-state index in [9.17, 15) is 22.8 Å².